The first-order valence-corrected chi connectivity index (χ1v) is 4.15. The zero-order chi connectivity index (χ0) is 10.4. The van der Waals surface area contributed by atoms with E-state index in [1.807, 2.05) is 0 Å². The van der Waals surface area contributed by atoms with Gasteiger partial charge in [0, 0.05) is 0 Å². The normalized spacial score (nSPS) is 10.4. The molecule has 0 spiro atoms. The van der Waals surface area contributed by atoms with Crippen molar-refractivity contribution in [2.45, 2.75) is 6.92 Å². The third kappa shape index (κ3) is 3.01. The maximum atomic E-state index is 12.8. The molecule has 1 aromatic carbocycles. The van der Waals surface area contributed by atoms with Gasteiger partial charge < -0.3 is 4.74 Å². The summed E-state index contributed by atoms with van der Waals surface area (Å²) in [7, 11) is 0. The summed E-state index contributed by atoms with van der Waals surface area (Å²) in [4.78, 5) is 9.68. The van der Waals surface area contributed by atoms with Gasteiger partial charge in [-0.25, -0.2) is 9.18 Å². The Bertz CT molecular complexity index is 345. The van der Waals surface area contributed by atoms with Crippen LogP contribution >= 0.6 is 0 Å². The van der Waals surface area contributed by atoms with E-state index in [0.717, 1.165) is 5.56 Å². The first-order chi connectivity index (χ1) is 6.74. The molecule has 0 saturated heterocycles. The topological polar surface area (TPSA) is 26.3 Å². The quantitative estimate of drug-likeness (QED) is 0.685. The fourth-order valence-corrected chi connectivity index (χ4v) is 1.04. The van der Waals surface area contributed by atoms with Crippen LogP contribution in [0.1, 0.15) is 11.1 Å². The summed E-state index contributed by atoms with van der Waals surface area (Å²) in [5.74, 6) is -0.223. The lowest BCUT2D eigenvalue weighted by atomic mass is 10.1. The van der Waals surface area contributed by atoms with Crippen LogP contribution in [0.25, 0.3) is 6.08 Å². The molecule has 0 atom stereocenters. The van der Waals surface area contributed by atoms with Gasteiger partial charge in [-0.2, -0.15) is 0 Å². The van der Waals surface area contributed by atoms with Crippen LogP contribution in [0.15, 0.2) is 24.3 Å². The average molecular weight is 193 g/mol. The van der Waals surface area contributed by atoms with Crippen molar-refractivity contribution >= 4 is 12.5 Å². The Labute approximate surface area is 82.0 Å². The molecule has 0 aliphatic rings. The molecule has 1 aromatic rings. The Balaban J connectivity index is 2.63. The Morgan fingerprint density at radius 1 is 1.57 bits per heavy atom. The summed E-state index contributed by atoms with van der Waals surface area (Å²) in [6, 6.07) is 4.78. The lowest BCUT2D eigenvalue weighted by molar-refractivity contribution is 0.314. The lowest BCUT2D eigenvalue weighted by Crippen LogP contribution is -1.86. The summed E-state index contributed by atoms with van der Waals surface area (Å²) >= 11 is 0. The lowest BCUT2D eigenvalue weighted by Gasteiger charge is -1.97. The van der Waals surface area contributed by atoms with Crippen molar-refractivity contribution in [3.05, 3.63) is 41.2 Å². The number of hydrogen-bond acceptors (Lipinski definition) is 2. The zero-order valence-corrected chi connectivity index (χ0v) is 7.79. The molecule has 3 heteroatoms. The molecule has 0 aromatic heterocycles. The molecule has 0 unspecified atom stereocenters. The number of carbonyl (C=O) groups excluding carboxylic acids is 1. The van der Waals surface area contributed by atoms with Crippen LogP contribution in [0.3, 0.4) is 0 Å². The predicted octanol–water partition coefficient (Wildman–Crippen LogP) is 2.23. The Morgan fingerprint density at radius 3 is 3.00 bits per heavy atom. The first kappa shape index (κ1) is 10.4. The molecule has 0 bridgehead atoms. The number of aryl methyl sites for hydroxylation is 1. The largest absolute Gasteiger partial charge is 0.453 e. The SMILES string of the molecule is Cc1cc(C=CCO[C]=O)ccc1F. The number of hydrogen-bond donors (Lipinski definition) is 0. The highest BCUT2D eigenvalue weighted by Crippen LogP contribution is 2.10. The Kier molecular flexibility index (Phi) is 3.85. The summed E-state index contributed by atoms with van der Waals surface area (Å²) in [5, 5.41) is 0. The zero-order valence-electron chi connectivity index (χ0n) is 7.79. The van der Waals surface area contributed by atoms with Crippen LogP contribution in [0.4, 0.5) is 4.39 Å². The molecule has 1 rings (SSSR count). The Hall–Kier alpha value is -1.64. The van der Waals surface area contributed by atoms with Gasteiger partial charge in [0.25, 0.3) is 0 Å². The second-order valence-electron chi connectivity index (χ2n) is 2.81. The van der Waals surface area contributed by atoms with Gasteiger partial charge in [-0.15, -0.1) is 0 Å². The van der Waals surface area contributed by atoms with Crippen LogP contribution in [-0.4, -0.2) is 13.1 Å². The van der Waals surface area contributed by atoms with Crippen LogP contribution < -0.4 is 0 Å². The van der Waals surface area contributed by atoms with Gasteiger partial charge in [0.2, 0.25) is 0 Å². The molecule has 0 saturated carbocycles. The van der Waals surface area contributed by atoms with Gasteiger partial charge in [0.05, 0.1) is 0 Å². The third-order valence-electron chi connectivity index (χ3n) is 1.73. The molecule has 0 aliphatic heterocycles. The van der Waals surface area contributed by atoms with Crippen molar-refractivity contribution in [1.29, 1.82) is 0 Å². The molecule has 0 aliphatic carbocycles. The molecule has 2 nitrogen and oxygen atoms in total. The molecule has 0 amide bonds. The second-order valence-corrected chi connectivity index (χ2v) is 2.81. The monoisotopic (exact) mass is 193 g/mol. The van der Waals surface area contributed by atoms with Crippen LogP contribution in [-0.2, 0) is 9.53 Å². The summed E-state index contributed by atoms with van der Waals surface area (Å²) in [6.45, 7) is 3.19. The summed E-state index contributed by atoms with van der Waals surface area (Å²) in [6.07, 6.45) is 3.42. The minimum absolute atomic E-state index is 0.180. The maximum absolute atomic E-state index is 12.8. The molecule has 1 radical (unpaired) electrons. The minimum Gasteiger partial charge on any atom is -0.453 e. The first-order valence-electron chi connectivity index (χ1n) is 4.15. The fourth-order valence-electron chi connectivity index (χ4n) is 1.04. The molecule has 0 heterocycles. The standard InChI is InChI=1S/C11H10FO2/c1-9-7-10(4-5-11(9)12)3-2-6-14-8-13/h2-5,7H,6H2,1H3. The van der Waals surface area contributed by atoms with Crippen molar-refractivity contribution in [1.82, 2.24) is 0 Å². The minimum atomic E-state index is -0.223. The van der Waals surface area contributed by atoms with Crippen LogP contribution in [0.5, 0.6) is 0 Å². The van der Waals surface area contributed by atoms with Gasteiger partial charge in [0.1, 0.15) is 12.4 Å². The molecule has 73 valence electrons. The van der Waals surface area contributed by atoms with Crippen molar-refractivity contribution in [3.63, 3.8) is 0 Å². The van der Waals surface area contributed by atoms with E-state index in [1.165, 1.54) is 12.5 Å². The van der Waals surface area contributed by atoms with Gasteiger partial charge in [-0.3, -0.25) is 0 Å². The number of halogens is 1. The fraction of sp³-hybridized carbons (Fsp3) is 0.182. The number of rotatable bonds is 4. The summed E-state index contributed by atoms with van der Waals surface area (Å²) in [5.41, 5.74) is 1.47. The maximum Gasteiger partial charge on any atom is 0.417 e. The van der Waals surface area contributed by atoms with E-state index in [0.29, 0.717) is 5.56 Å². The molecular formula is C11H10FO2. The van der Waals surface area contributed by atoms with E-state index < -0.39 is 0 Å². The Morgan fingerprint density at radius 2 is 2.36 bits per heavy atom. The molecule has 14 heavy (non-hydrogen) atoms. The average Bonchev–Trinajstić information content (AvgIpc) is 2.18. The molecular weight excluding hydrogens is 183 g/mol. The third-order valence-corrected chi connectivity index (χ3v) is 1.73. The van der Waals surface area contributed by atoms with Gasteiger partial charge >= 0.3 is 6.47 Å². The number of benzene rings is 1. The van der Waals surface area contributed by atoms with E-state index in [9.17, 15) is 9.18 Å². The van der Waals surface area contributed by atoms with E-state index in [4.69, 9.17) is 0 Å². The second kappa shape index (κ2) is 5.17. The van der Waals surface area contributed by atoms with Crippen molar-refractivity contribution in [3.8, 4) is 0 Å². The van der Waals surface area contributed by atoms with Crippen molar-refractivity contribution in [2.24, 2.45) is 0 Å². The highest BCUT2D eigenvalue weighted by Gasteiger charge is 1.95. The predicted molar refractivity (Wildman–Crippen MR) is 51.8 cm³/mol. The van der Waals surface area contributed by atoms with E-state index in [1.54, 1.807) is 31.2 Å². The molecule has 0 N–H and O–H groups in total. The highest BCUT2D eigenvalue weighted by molar-refractivity contribution is 5.50. The van der Waals surface area contributed by atoms with E-state index in [-0.39, 0.29) is 12.4 Å². The van der Waals surface area contributed by atoms with Crippen LogP contribution in [0.2, 0.25) is 0 Å². The van der Waals surface area contributed by atoms with Gasteiger partial charge in [0.15, 0.2) is 0 Å². The smallest absolute Gasteiger partial charge is 0.417 e. The van der Waals surface area contributed by atoms with Crippen molar-refractivity contribution < 1.29 is 13.9 Å². The summed E-state index contributed by atoms with van der Waals surface area (Å²) < 4.78 is 17.2. The van der Waals surface area contributed by atoms with E-state index >= 15 is 0 Å². The highest BCUT2D eigenvalue weighted by atomic mass is 19.1. The molecule has 0 fully saturated rings. The van der Waals surface area contributed by atoms with Gasteiger partial charge in [-0.1, -0.05) is 12.1 Å². The number of ether oxygens (including phenoxy) is 1. The van der Waals surface area contributed by atoms with Gasteiger partial charge in [-0.05, 0) is 36.3 Å². The van der Waals surface area contributed by atoms with E-state index in [2.05, 4.69) is 4.74 Å². The van der Waals surface area contributed by atoms with Crippen molar-refractivity contribution in [2.75, 3.05) is 6.61 Å². The van der Waals surface area contributed by atoms with Crippen LogP contribution in [0, 0.1) is 12.7 Å².